The van der Waals surface area contributed by atoms with E-state index >= 15 is 0 Å². The van der Waals surface area contributed by atoms with Gasteiger partial charge in [0.05, 0.1) is 6.54 Å². The van der Waals surface area contributed by atoms with Gasteiger partial charge < -0.3 is 9.84 Å². The van der Waals surface area contributed by atoms with E-state index < -0.39 is 0 Å². The SMILES string of the molecule is CCc1cccc(C)c1NC(=O)CN1CCC(c2nc(-c3ccccn3)no2)CC1. The van der Waals surface area contributed by atoms with E-state index in [-0.39, 0.29) is 11.8 Å². The lowest BCUT2D eigenvalue weighted by Gasteiger charge is -2.29. The Morgan fingerprint density at radius 1 is 1.20 bits per heavy atom. The number of amides is 1. The summed E-state index contributed by atoms with van der Waals surface area (Å²) in [6, 6.07) is 11.8. The van der Waals surface area contributed by atoms with Crippen LogP contribution in [0, 0.1) is 6.92 Å². The fourth-order valence-corrected chi connectivity index (χ4v) is 3.92. The molecule has 0 unspecified atom stereocenters. The first kappa shape index (κ1) is 20.2. The zero-order valence-electron chi connectivity index (χ0n) is 17.5. The fraction of sp³-hybridized carbons (Fsp3) is 0.391. The van der Waals surface area contributed by atoms with Crippen molar-refractivity contribution in [2.75, 3.05) is 25.0 Å². The topological polar surface area (TPSA) is 84.2 Å². The Morgan fingerprint density at radius 3 is 2.77 bits per heavy atom. The first-order valence-corrected chi connectivity index (χ1v) is 10.5. The molecule has 7 heteroatoms. The summed E-state index contributed by atoms with van der Waals surface area (Å²) in [6.45, 7) is 6.19. The van der Waals surface area contributed by atoms with Crippen LogP contribution in [0.1, 0.15) is 42.7 Å². The minimum absolute atomic E-state index is 0.0349. The summed E-state index contributed by atoms with van der Waals surface area (Å²) in [5.41, 5.74) is 3.93. The van der Waals surface area contributed by atoms with Crippen LogP contribution in [0.15, 0.2) is 47.1 Å². The van der Waals surface area contributed by atoms with E-state index in [1.54, 1.807) is 6.20 Å². The smallest absolute Gasteiger partial charge is 0.238 e. The standard InChI is InChI=1S/C23H27N5O2/c1-3-17-8-6-7-16(2)21(17)25-20(29)15-28-13-10-18(11-14-28)23-26-22(27-30-23)19-9-4-5-12-24-19/h4-9,12,18H,3,10-11,13-15H2,1-2H3,(H,25,29). The molecular weight excluding hydrogens is 378 g/mol. The zero-order valence-corrected chi connectivity index (χ0v) is 17.5. The van der Waals surface area contributed by atoms with Crippen LogP contribution in [0.25, 0.3) is 11.5 Å². The van der Waals surface area contributed by atoms with Crippen LogP contribution in [0.4, 0.5) is 5.69 Å². The van der Waals surface area contributed by atoms with Crippen molar-refractivity contribution in [2.24, 2.45) is 0 Å². The highest BCUT2D eigenvalue weighted by Gasteiger charge is 2.26. The Kier molecular flexibility index (Phi) is 6.18. The van der Waals surface area contributed by atoms with Gasteiger partial charge in [-0.05, 0) is 62.5 Å². The monoisotopic (exact) mass is 405 g/mol. The van der Waals surface area contributed by atoms with Gasteiger partial charge in [0.2, 0.25) is 17.6 Å². The van der Waals surface area contributed by atoms with Crippen LogP contribution < -0.4 is 5.32 Å². The second-order valence-corrected chi connectivity index (χ2v) is 7.73. The number of anilines is 1. The second kappa shape index (κ2) is 9.17. The number of carbonyl (C=O) groups excluding carboxylic acids is 1. The number of hydrogen-bond acceptors (Lipinski definition) is 6. The van der Waals surface area contributed by atoms with Gasteiger partial charge in [-0.25, -0.2) is 0 Å². The van der Waals surface area contributed by atoms with E-state index in [1.807, 2.05) is 37.3 Å². The lowest BCUT2D eigenvalue weighted by molar-refractivity contribution is -0.117. The minimum Gasteiger partial charge on any atom is -0.339 e. The molecule has 7 nitrogen and oxygen atoms in total. The van der Waals surface area contributed by atoms with E-state index in [2.05, 4.69) is 38.3 Å². The number of nitrogens with zero attached hydrogens (tertiary/aromatic N) is 4. The number of hydrogen-bond donors (Lipinski definition) is 1. The molecule has 0 spiro atoms. The van der Waals surface area contributed by atoms with Crippen LogP contribution in [0.2, 0.25) is 0 Å². The summed E-state index contributed by atoms with van der Waals surface area (Å²) in [5, 5.41) is 7.19. The molecule has 1 saturated heterocycles. The predicted molar refractivity (Wildman–Crippen MR) is 115 cm³/mol. The first-order chi connectivity index (χ1) is 14.6. The molecule has 1 N–H and O–H groups in total. The summed E-state index contributed by atoms with van der Waals surface area (Å²) in [4.78, 5) is 23.6. The van der Waals surface area contributed by atoms with Crippen LogP contribution in [-0.4, -0.2) is 45.6 Å². The average molecular weight is 406 g/mol. The normalized spacial score (nSPS) is 15.3. The van der Waals surface area contributed by atoms with Gasteiger partial charge in [0.25, 0.3) is 0 Å². The van der Waals surface area contributed by atoms with Crippen LogP contribution in [0.5, 0.6) is 0 Å². The molecule has 1 aliphatic heterocycles. The highest BCUT2D eigenvalue weighted by molar-refractivity contribution is 5.93. The summed E-state index contributed by atoms with van der Waals surface area (Å²) in [5.74, 6) is 1.44. The van der Waals surface area contributed by atoms with Gasteiger partial charge in [0.1, 0.15) is 5.69 Å². The molecule has 0 bridgehead atoms. The van der Waals surface area contributed by atoms with Gasteiger partial charge in [0, 0.05) is 17.8 Å². The van der Waals surface area contributed by atoms with Crippen molar-refractivity contribution in [3.63, 3.8) is 0 Å². The van der Waals surface area contributed by atoms with Gasteiger partial charge in [0.15, 0.2) is 0 Å². The fourth-order valence-electron chi connectivity index (χ4n) is 3.92. The average Bonchev–Trinajstić information content (AvgIpc) is 3.26. The third-order valence-corrected chi connectivity index (χ3v) is 5.64. The Morgan fingerprint density at radius 2 is 2.03 bits per heavy atom. The number of pyridine rings is 1. The predicted octanol–water partition coefficient (Wildman–Crippen LogP) is 3.82. The number of aryl methyl sites for hydroxylation is 2. The molecule has 1 aromatic carbocycles. The molecule has 0 aliphatic carbocycles. The summed E-state index contributed by atoms with van der Waals surface area (Å²) >= 11 is 0. The molecule has 0 saturated carbocycles. The molecule has 0 atom stereocenters. The Balaban J connectivity index is 1.31. The van der Waals surface area contributed by atoms with Crippen LogP contribution >= 0.6 is 0 Å². The van der Waals surface area contributed by atoms with Gasteiger partial charge in [-0.2, -0.15) is 4.98 Å². The maximum atomic E-state index is 12.6. The highest BCUT2D eigenvalue weighted by Crippen LogP contribution is 2.28. The highest BCUT2D eigenvalue weighted by atomic mass is 16.5. The molecule has 1 fully saturated rings. The molecule has 156 valence electrons. The molecule has 1 amide bonds. The van der Waals surface area contributed by atoms with Crippen molar-refractivity contribution >= 4 is 11.6 Å². The van der Waals surface area contributed by atoms with Crippen LogP contribution in [0.3, 0.4) is 0 Å². The molecule has 0 radical (unpaired) electrons. The largest absolute Gasteiger partial charge is 0.339 e. The van der Waals surface area contributed by atoms with Gasteiger partial charge >= 0.3 is 0 Å². The van der Waals surface area contributed by atoms with E-state index in [4.69, 9.17) is 4.52 Å². The lowest BCUT2D eigenvalue weighted by Crippen LogP contribution is -2.39. The molecule has 1 aliphatic rings. The van der Waals surface area contributed by atoms with Gasteiger partial charge in [-0.3, -0.25) is 14.7 Å². The molecule has 2 aromatic heterocycles. The number of aromatic nitrogens is 3. The molecule has 4 rings (SSSR count). The van der Waals surface area contributed by atoms with Crippen molar-refractivity contribution in [3.05, 3.63) is 59.6 Å². The zero-order chi connectivity index (χ0) is 20.9. The number of piperidine rings is 1. The number of rotatable bonds is 6. The van der Waals surface area contributed by atoms with E-state index in [1.165, 1.54) is 5.56 Å². The number of carbonyl (C=O) groups is 1. The molecule has 30 heavy (non-hydrogen) atoms. The summed E-state index contributed by atoms with van der Waals surface area (Å²) in [7, 11) is 0. The second-order valence-electron chi connectivity index (χ2n) is 7.73. The Bertz CT molecular complexity index is 994. The third kappa shape index (κ3) is 4.57. The van der Waals surface area contributed by atoms with E-state index in [0.717, 1.165) is 43.6 Å². The van der Waals surface area contributed by atoms with Crippen molar-refractivity contribution < 1.29 is 9.32 Å². The third-order valence-electron chi connectivity index (χ3n) is 5.64. The quantitative estimate of drug-likeness (QED) is 0.671. The van der Waals surface area contributed by atoms with Crippen molar-refractivity contribution in [2.45, 2.75) is 39.0 Å². The summed E-state index contributed by atoms with van der Waals surface area (Å²) < 4.78 is 5.49. The Hall–Kier alpha value is -3.06. The lowest BCUT2D eigenvalue weighted by atomic mass is 9.97. The van der Waals surface area contributed by atoms with Gasteiger partial charge in [-0.1, -0.05) is 36.3 Å². The van der Waals surface area contributed by atoms with E-state index in [9.17, 15) is 4.79 Å². The van der Waals surface area contributed by atoms with Gasteiger partial charge in [-0.15, -0.1) is 0 Å². The van der Waals surface area contributed by atoms with Crippen molar-refractivity contribution in [1.29, 1.82) is 0 Å². The number of likely N-dealkylation sites (tertiary alicyclic amines) is 1. The molecule has 3 aromatic rings. The van der Waals surface area contributed by atoms with Crippen LogP contribution in [-0.2, 0) is 11.2 Å². The van der Waals surface area contributed by atoms with Crippen molar-refractivity contribution in [1.82, 2.24) is 20.0 Å². The van der Waals surface area contributed by atoms with Crippen molar-refractivity contribution in [3.8, 4) is 11.5 Å². The maximum Gasteiger partial charge on any atom is 0.238 e. The first-order valence-electron chi connectivity index (χ1n) is 10.5. The number of para-hydroxylation sites is 1. The molecule has 3 heterocycles. The summed E-state index contributed by atoms with van der Waals surface area (Å²) in [6.07, 6.45) is 4.39. The van der Waals surface area contributed by atoms with E-state index in [0.29, 0.717) is 24.0 Å². The minimum atomic E-state index is 0.0349. The number of benzene rings is 1. The number of nitrogens with one attached hydrogen (secondary N) is 1. The maximum absolute atomic E-state index is 12.6. The molecular formula is C23H27N5O2. The Labute approximate surface area is 176 Å².